The smallest absolute Gasteiger partial charge is 0.233 e. The Bertz CT molecular complexity index is 186. The molecular formula is C9H20N2O2S. The molecule has 0 aromatic rings. The number of carbonyl (C=O) groups is 1. The van der Waals surface area contributed by atoms with E-state index < -0.39 is 10.8 Å². The second kappa shape index (κ2) is 9.15. The molecule has 1 atom stereocenters. The first kappa shape index (κ1) is 13.6. The fraction of sp³-hybridized carbons (Fsp3) is 0.889. The first-order valence-corrected chi connectivity index (χ1v) is 6.67. The molecule has 0 aliphatic heterocycles. The van der Waals surface area contributed by atoms with E-state index in [1.54, 1.807) is 6.26 Å². The molecule has 84 valence electrons. The van der Waals surface area contributed by atoms with E-state index in [9.17, 15) is 9.00 Å². The Morgan fingerprint density at radius 2 is 2.07 bits per heavy atom. The van der Waals surface area contributed by atoms with Crippen LogP contribution in [0.25, 0.3) is 0 Å². The molecule has 2 N–H and O–H groups in total. The zero-order chi connectivity index (χ0) is 10.8. The lowest BCUT2D eigenvalue weighted by molar-refractivity contribution is -0.120. The molecule has 0 rings (SSSR count). The second-order valence-corrected chi connectivity index (χ2v) is 4.71. The van der Waals surface area contributed by atoms with Crippen molar-refractivity contribution in [3.05, 3.63) is 0 Å². The number of rotatable bonds is 8. The highest BCUT2D eigenvalue weighted by molar-refractivity contribution is 7.84. The van der Waals surface area contributed by atoms with E-state index in [0.29, 0.717) is 18.8 Å². The number of hydrogen-bond donors (Lipinski definition) is 2. The van der Waals surface area contributed by atoms with Gasteiger partial charge in [-0.1, -0.05) is 13.3 Å². The monoisotopic (exact) mass is 220 g/mol. The van der Waals surface area contributed by atoms with Crippen molar-refractivity contribution < 1.29 is 9.00 Å². The molecule has 5 heteroatoms. The Balaban J connectivity index is 3.22. The Morgan fingerprint density at radius 1 is 1.36 bits per heavy atom. The average molecular weight is 220 g/mol. The van der Waals surface area contributed by atoms with Crippen molar-refractivity contribution in [1.29, 1.82) is 0 Å². The predicted molar refractivity (Wildman–Crippen MR) is 59.7 cm³/mol. The summed E-state index contributed by atoms with van der Waals surface area (Å²) in [5.74, 6) is 0.614. The first-order valence-electron chi connectivity index (χ1n) is 4.94. The van der Waals surface area contributed by atoms with E-state index in [4.69, 9.17) is 0 Å². The van der Waals surface area contributed by atoms with E-state index in [1.807, 2.05) is 0 Å². The molecule has 0 saturated heterocycles. The third-order valence-corrected chi connectivity index (χ3v) is 2.48. The van der Waals surface area contributed by atoms with Crippen LogP contribution < -0.4 is 10.6 Å². The lowest BCUT2D eigenvalue weighted by atomic mass is 10.3. The SMILES string of the molecule is CCCCNC(=O)CNCCS(C)=O. The van der Waals surface area contributed by atoms with Crippen molar-refractivity contribution in [2.75, 3.05) is 31.6 Å². The van der Waals surface area contributed by atoms with Gasteiger partial charge in [0.05, 0.1) is 6.54 Å². The molecule has 0 heterocycles. The summed E-state index contributed by atoms with van der Waals surface area (Å²) in [4.78, 5) is 11.1. The lowest BCUT2D eigenvalue weighted by Gasteiger charge is -2.04. The quantitative estimate of drug-likeness (QED) is 0.560. The molecule has 0 saturated carbocycles. The van der Waals surface area contributed by atoms with E-state index >= 15 is 0 Å². The van der Waals surface area contributed by atoms with Gasteiger partial charge in [-0.05, 0) is 6.42 Å². The van der Waals surface area contributed by atoms with Gasteiger partial charge in [-0.25, -0.2) is 0 Å². The van der Waals surface area contributed by atoms with Crippen LogP contribution in [0.5, 0.6) is 0 Å². The van der Waals surface area contributed by atoms with Crippen molar-refractivity contribution in [1.82, 2.24) is 10.6 Å². The molecule has 1 unspecified atom stereocenters. The topological polar surface area (TPSA) is 58.2 Å². The maximum atomic E-state index is 11.1. The van der Waals surface area contributed by atoms with Gasteiger partial charge in [-0.3, -0.25) is 9.00 Å². The van der Waals surface area contributed by atoms with Crippen molar-refractivity contribution in [3.8, 4) is 0 Å². The molecule has 0 radical (unpaired) electrons. The molecular weight excluding hydrogens is 200 g/mol. The molecule has 0 aliphatic rings. The minimum Gasteiger partial charge on any atom is -0.355 e. The van der Waals surface area contributed by atoms with E-state index in [1.165, 1.54) is 0 Å². The van der Waals surface area contributed by atoms with Gasteiger partial charge in [0.25, 0.3) is 0 Å². The fourth-order valence-corrected chi connectivity index (χ4v) is 1.32. The Morgan fingerprint density at radius 3 is 2.64 bits per heavy atom. The molecule has 0 bridgehead atoms. The van der Waals surface area contributed by atoms with Crippen LogP contribution in [0.2, 0.25) is 0 Å². The van der Waals surface area contributed by atoms with Gasteiger partial charge >= 0.3 is 0 Å². The minimum atomic E-state index is -0.781. The maximum absolute atomic E-state index is 11.1. The van der Waals surface area contributed by atoms with Crippen molar-refractivity contribution in [2.24, 2.45) is 0 Å². The second-order valence-electron chi connectivity index (χ2n) is 3.16. The van der Waals surface area contributed by atoms with Crippen LogP contribution in [0.3, 0.4) is 0 Å². The van der Waals surface area contributed by atoms with E-state index in [0.717, 1.165) is 19.4 Å². The standard InChI is InChI=1S/C9H20N2O2S/c1-3-4-5-11-9(12)8-10-6-7-14(2)13/h10H,3-8H2,1-2H3,(H,11,12). The molecule has 1 amide bonds. The Kier molecular flexibility index (Phi) is 8.87. The molecule has 14 heavy (non-hydrogen) atoms. The molecule has 0 fully saturated rings. The summed E-state index contributed by atoms with van der Waals surface area (Å²) in [5.41, 5.74) is 0. The lowest BCUT2D eigenvalue weighted by Crippen LogP contribution is -2.35. The maximum Gasteiger partial charge on any atom is 0.233 e. The number of amides is 1. The number of hydrogen-bond acceptors (Lipinski definition) is 3. The van der Waals surface area contributed by atoms with E-state index in [2.05, 4.69) is 17.6 Å². The highest BCUT2D eigenvalue weighted by Crippen LogP contribution is 1.81. The summed E-state index contributed by atoms with van der Waals surface area (Å²) in [6, 6.07) is 0. The van der Waals surface area contributed by atoms with Crippen LogP contribution in [-0.2, 0) is 15.6 Å². The highest BCUT2D eigenvalue weighted by Gasteiger charge is 1.98. The third kappa shape index (κ3) is 9.67. The van der Waals surface area contributed by atoms with Gasteiger partial charge in [-0.2, -0.15) is 0 Å². The summed E-state index contributed by atoms with van der Waals surface area (Å²) in [5, 5.41) is 5.73. The summed E-state index contributed by atoms with van der Waals surface area (Å²) in [6.07, 6.45) is 3.76. The molecule has 0 spiro atoms. The number of carbonyl (C=O) groups excluding carboxylic acids is 1. The average Bonchev–Trinajstić information content (AvgIpc) is 2.13. The van der Waals surface area contributed by atoms with Crippen molar-refractivity contribution in [3.63, 3.8) is 0 Å². The van der Waals surface area contributed by atoms with Crippen LogP contribution in [0, 0.1) is 0 Å². The van der Waals surface area contributed by atoms with Crippen LogP contribution >= 0.6 is 0 Å². The van der Waals surface area contributed by atoms with Crippen LogP contribution in [0.1, 0.15) is 19.8 Å². The number of unbranched alkanes of at least 4 members (excludes halogenated alkanes) is 1. The van der Waals surface area contributed by atoms with Crippen molar-refractivity contribution in [2.45, 2.75) is 19.8 Å². The summed E-state index contributed by atoms with van der Waals surface area (Å²) >= 11 is 0. The van der Waals surface area contributed by atoms with E-state index in [-0.39, 0.29) is 5.91 Å². The summed E-state index contributed by atoms with van der Waals surface area (Å²) in [6.45, 7) is 3.78. The summed E-state index contributed by atoms with van der Waals surface area (Å²) in [7, 11) is -0.781. The van der Waals surface area contributed by atoms with Gasteiger partial charge in [-0.15, -0.1) is 0 Å². The van der Waals surface area contributed by atoms with Crippen LogP contribution in [-0.4, -0.2) is 41.8 Å². The predicted octanol–water partition coefficient (Wildman–Crippen LogP) is -0.129. The van der Waals surface area contributed by atoms with Crippen molar-refractivity contribution >= 4 is 16.7 Å². The number of nitrogens with one attached hydrogen (secondary N) is 2. The molecule has 0 aliphatic carbocycles. The highest BCUT2D eigenvalue weighted by atomic mass is 32.2. The molecule has 0 aromatic carbocycles. The molecule has 0 aromatic heterocycles. The minimum absolute atomic E-state index is 0.0142. The van der Waals surface area contributed by atoms with Crippen LogP contribution in [0.4, 0.5) is 0 Å². The van der Waals surface area contributed by atoms with Gasteiger partial charge in [0, 0.05) is 35.9 Å². The Labute approximate surface area is 88.3 Å². The zero-order valence-corrected chi connectivity index (χ0v) is 9.78. The molecule has 4 nitrogen and oxygen atoms in total. The first-order chi connectivity index (χ1) is 6.66. The van der Waals surface area contributed by atoms with Crippen LogP contribution in [0.15, 0.2) is 0 Å². The summed E-state index contributed by atoms with van der Waals surface area (Å²) < 4.78 is 10.7. The fourth-order valence-electron chi connectivity index (χ4n) is 0.885. The van der Waals surface area contributed by atoms with Gasteiger partial charge in [0.1, 0.15) is 0 Å². The largest absolute Gasteiger partial charge is 0.355 e. The van der Waals surface area contributed by atoms with Gasteiger partial charge < -0.3 is 10.6 Å². The van der Waals surface area contributed by atoms with Gasteiger partial charge in [0.2, 0.25) is 5.91 Å². The normalized spacial score (nSPS) is 12.4. The van der Waals surface area contributed by atoms with Gasteiger partial charge in [0.15, 0.2) is 0 Å². The zero-order valence-electron chi connectivity index (χ0n) is 8.97. The Hall–Kier alpha value is -0.420. The third-order valence-electron chi connectivity index (χ3n) is 1.70.